The third kappa shape index (κ3) is 7.88. The molecule has 0 bridgehead atoms. The molecule has 1 rings (SSSR count). The topological polar surface area (TPSA) is 21.3 Å². The quantitative estimate of drug-likeness (QED) is 0.650. The van der Waals surface area contributed by atoms with Crippen molar-refractivity contribution in [2.75, 3.05) is 19.7 Å². The van der Waals surface area contributed by atoms with Gasteiger partial charge in [-0.15, -0.1) is 0 Å². The van der Waals surface area contributed by atoms with Gasteiger partial charge in [-0.1, -0.05) is 30.7 Å². The summed E-state index contributed by atoms with van der Waals surface area (Å²) >= 11 is 6.06. The average molecular weight is 298 g/mol. The highest BCUT2D eigenvalue weighted by Crippen LogP contribution is 2.16. The molecule has 2 nitrogen and oxygen atoms in total. The van der Waals surface area contributed by atoms with Crippen LogP contribution in [-0.2, 0) is 11.2 Å². The van der Waals surface area contributed by atoms with Crippen LogP contribution in [0.1, 0.15) is 39.2 Å². The van der Waals surface area contributed by atoms with Gasteiger partial charge in [-0.3, -0.25) is 0 Å². The third-order valence-electron chi connectivity index (χ3n) is 3.25. The molecule has 3 heteroatoms. The van der Waals surface area contributed by atoms with Crippen molar-refractivity contribution in [1.29, 1.82) is 0 Å². The molecule has 1 aromatic rings. The van der Waals surface area contributed by atoms with Crippen LogP contribution in [0.15, 0.2) is 24.3 Å². The third-order valence-corrected chi connectivity index (χ3v) is 3.49. The summed E-state index contributed by atoms with van der Waals surface area (Å²) < 4.78 is 5.69. The molecule has 0 saturated heterocycles. The van der Waals surface area contributed by atoms with Crippen LogP contribution in [0.3, 0.4) is 0 Å². The van der Waals surface area contributed by atoms with Crippen LogP contribution in [0, 0.1) is 5.92 Å². The van der Waals surface area contributed by atoms with Gasteiger partial charge in [-0.05, 0) is 69.8 Å². The van der Waals surface area contributed by atoms with Gasteiger partial charge in [0.25, 0.3) is 0 Å². The number of nitrogens with one attached hydrogen (secondary N) is 1. The minimum absolute atomic E-state index is 0.311. The Labute approximate surface area is 128 Å². The first kappa shape index (κ1) is 17.5. The summed E-state index contributed by atoms with van der Waals surface area (Å²) in [7, 11) is 0. The SMILES string of the molecule is CCCNCC(CCOC(C)C)Cc1cccc(Cl)c1. The van der Waals surface area contributed by atoms with E-state index in [1.165, 1.54) is 12.0 Å². The summed E-state index contributed by atoms with van der Waals surface area (Å²) in [5.74, 6) is 0.596. The van der Waals surface area contributed by atoms with E-state index in [9.17, 15) is 0 Å². The van der Waals surface area contributed by atoms with E-state index in [2.05, 4.69) is 38.2 Å². The maximum Gasteiger partial charge on any atom is 0.0518 e. The summed E-state index contributed by atoms with van der Waals surface area (Å²) in [4.78, 5) is 0. The zero-order valence-electron chi connectivity index (χ0n) is 13.0. The zero-order valence-corrected chi connectivity index (χ0v) is 13.7. The van der Waals surface area contributed by atoms with E-state index >= 15 is 0 Å². The molecule has 0 radical (unpaired) electrons. The molecule has 114 valence electrons. The first-order chi connectivity index (χ1) is 9.61. The Bertz CT molecular complexity index is 368. The van der Waals surface area contributed by atoms with Crippen LogP contribution < -0.4 is 5.32 Å². The molecule has 0 heterocycles. The zero-order chi connectivity index (χ0) is 14.8. The van der Waals surface area contributed by atoms with Crippen molar-refractivity contribution < 1.29 is 4.74 Å². The summed E-state index contributed by atoms with van der Waals surface area (Å²) in [5.41, 5.74) is 1.31. The molecule has 0 aliphatic carbocycles. The van der Waals surface area contributed by atoms with Gasteiger partial charge in [0, 0.05) is 11.6 Å². The number of halogens is 1. The molecule has 20 heavy (non-hydrogen) atoms. The smallest absolute Gasteiger partial charge is 0.0518 e. The Morgan fingerprint density at radius 1 is 1.30 bits per heavy atom. The maximum atomic E-state index is 6.06. The van der Waals surface area contributed by atoms with E-state index < -0.39 is 0 Å². The number of hydrogen-bond donors (Lipinski definition) is 1. The molecule has 0 spiro atoms. The summed E-state index contributed by atoms with van der Waals surface area (Å²) in [6.07, 6.45) is 3.62. The van der Waals surface area contributed by atoms with Crippen molar-refractivity contribution in [2.45, 2.75) is 46.1 Å². The maximum absolute atomic E-state index is 6.06. The van der Waals surface area contributed by atoms with E-state index in [0.29, 0.717) is 12.0 Å². The Hall–Kier alpha value is -0.570. The minimum Gasteiger partial charge on any atom is -0.379 e. The fourth-order valence-electron chi connectivity index (χ4n) is 2.23. The molecule has 0 aliphatic heterocycles. The highest BCUT2D eigenvalue weighted by molar-refractivity contribution is 6.30. The summed E-state index contributed by atoms with van der Waals surface area (Å²) in [6, 6.07) is 8.18. The largest absolute Gasteiger partial charge is 0.379 e. The van der Waals surface area contributed by atoms with Gasteiger partial charge in [-0.25, -0.2) is 0 Å². The van der Waals surface area contributed by atoms with Crippen molar-refractivity contribution in [3.63, 3.8) is 0 Å². The van der Waals surface area contributed by atoms with Gasteiger partial charge in [0.05, 0.1) is 6.10 Å². The monoisotopic (exact) mass is 297 g/mol. The molecule has 0 amide bonds. The van der Waals surface area contributed by atoms with Crippen molar-refractivity contribution in [1.82, 2.24) is 5.32 Å². The van der Waals surface area contributed by atoms with Crippen molar-refractivity contribution in [3.8, 4) is 0 Å². The van der Waals surface area contributed by atoms with E-state index in [-0.39, 0.29) is 0 Å². The lowest BCUT2D eigenvalue weighted by Gasteiger charge is -2.19. The molecule has 1 atom stereocenters. The second kappa shape index (κ2) is 10.2. The van der Waals surface area contributed by atoms with Gasteiger partial charge in [-0.2, -0.15) is 0 Å². The normalized spacial score (nSPS) is 12.8. The standard InChI is InChI=1S/C17H28ClNO/c1-4-9-19-13-16(8-10-20-14(2)3)11-15-6-5-7-17(18)12-15/h5-7,12,14,16,19H,4,8-11,13H2,1-3H3. The van der Waals surface area contributed by atoms with E-state index in [4.69, 9.17) is 16.3 Å². The number of hydrogen-bond acceptors (Lipinski definition) is 2. The predicted octanol–water partition coefficient (Wildman–Crippen LogP) is 4.31. The number of ether oxygens (including phenoxy) is 1. The average Bonchev–Trinajstić information content (AvgIpc) is 2.38. The van der Waals surface area contributed by atoms with Crippen molar-refractivity contribution in [2.24, 2.45) is 5.92 Å². The first-order valence-electron chi connectivity index (χ1n) is 7.68. The highest BCUT2D eigenvalue weighted by Gasteiger charge is 2.10. The fourth-order valence-corrected chi connectivity index (χ4v) is 2.44. The Morgan fingerprint density at radius 2 is 2.10 bits per heavy atom. The molecule has 1 aromatic carbocycles. The van der Waals surface area contributed by atoms with Crippen LogP contribution in [0.25, 0.3) is 0 Å². The van der Waals surface area contributed by atoms with Crippen LogP contribution in [0.4, 0.5) is 0 Å². The van der Waals surface area contributed by atoms with Gasteiger partial charge in [0.15, 0.2) is 0 Å². The van der Waals surface area contributed by atoms with Crippen LogP contribution in [0.5, 0.6) is 0 Å². The highest BCUT2D eigenvalue weighted by atomic mass is 35.5. The van der Waals surface area contributed by atoms with Gasteiger partial charge < -0.3 is 10.1 Å². The number of benzene rings is 1. The lowest BCUT2D eigenvalue weighted by molar-refractivity contribution is 0.0683. The molecular weight excluding hydrogens is 270 g/mol. The van der Waals surface area contributed by atoms with E-state index in [0.717, 1.165) is 37.6 Å². The molecule has 1 unspecified atom stereocenters. The predicted molar refractivity (Wildman–Crippen MR) is 87.5 cm³/mol. The minimum atomic E-state index is 0.311. The number of rotatable bonds is 10. The molecular formula is C17H28ClNO. The van der Waals surface area contributed by atoms with E-state index in [1.54, 1.807) is 0 Å². The second-order valence-electron chi connectivity index (χ2n) is 5.61. The lowest BCUT2D eigenvalue weighted by Crippen LogP contribution is -2.26. The van der Waals surface area contributed by atoms with Crippen LogP contribution in [0.2, 0.25) is 5.02 Å². The molecule has 0 aliphatic rings. The van der Waals surface area contributed by atoms with Crippen LogP contribution >= 0.6 is 11.6 Å². The van der Waals surface area contributed by atoms with Gasteiger partial charge in [0.1, 0.15) is 0 Å². The molecule has 0 saturated carbocycles. The van der Waals surface area contributed by atoms with Crippen LogP contribution in [-0.4, -0.2) is 25.8 Å². The summed E-state index contributed by atoms with van der Waals surface area (Å²) in [6.45, 7) is 9.32. The summed E-state index contributed by atoms with van der Waals surface area (Å²) in [5, 5.41) is 4.34. The molecule has 1 N–H and O–H groups in total. The van der Waals surface area contributed by atoms with Gasteiger partial charge in [0.2, 0.25) is 0 Å². The molecule has 0 aromatic heterocycles. The Kier molecular flexibility index (Phi) is 8.92. The van der Waals surface area contributed by atoms with Crippen molar-refractivity contribution >= 4 is 11.6 Å². The first-order valence-corrected chi connectivity index (χ1v) is 8.06. The Morgan fingerprint density at radius 3 is 2.75 bits per heavy atom. The van der Waals surface area contributed by atoms with Crippen molar-refractivity contribution in [3.05, 3.63) is 34.9 Å². The molecule has 0 fully saturated rings. The Balaban J connectivity index is 2.47. The fraction of sp³-hybridized carbons (Fsp3) is 0.647. The second-order valence-corrected chi connectivity index (χ2v) is 6.05. The van der Waals surface area contributed by atoms with E-state index in [1.807, 2.05) is 12.1 Å². The van der Waals surface area contributed by atoms with Gasteiger partial charge >= 0.3 is 0 Å². The lowest BCUT2D eigenvalue weighted by atomic mass is 9.96.